The molecule has 1 aromatic heterocycles. The highest BCUT2D eigenvalue weighted by molar-refractivity contribution is 7.16. The van der Waals surface area contributed by atoms with Gasteiger partial charge in [-0.15, -0.1) is 11.3 Å². The lowest BCUT2D eigenvalue weighted by Crippen LogP contribution is -2.28. The van der Waals surface area contributed by atoms with Crippen LogP contribution < -0.4 is 5.32 Å². The van der Waals surface area contributed by atoms with Gasteiger partial charge >= 0.3 is 0 Å². The number of carbonyl (C=O) groups excluding carboxylic acids is 1. The maximum atomic E-state index is 12.8. The zero-order valence-corrected chi connectivity index (χ0v) is 17.0. The average Bonchev–Trinajstić information content (AvgIpc) is 3.34. The summed E-state index contributed by atoms with van der Waals surface area (Å²) < 4.78 is 0. The Bertz CT molecular complexity index is 757. The highest BCUT2D eigenvalue weighted by Gasteiger charge is 2.43. The van der Waals surface area contributed by atoms with Crippen molar-refractivity contribution in [2.75, 3.05) is 5.32 Å². The number of nitriles is 1. The van der Waals surface area contributed by atoms with Gasteiger partial charge < -0.3 is 5.32 Å². The lowest BCUT2D eigenvalue weighted by Gasteiger charge is -2.36. The normalized spacial score (nSPS) is 30.1. The van der Waals surface area contributed by atoms with Crippen LogP contribution in [-0.4, -0.2) is 5.91 Å². The summed E-state index contributed by atoms with van der Waals surface area (Å²) in [5.74, 6) is 2.35. The molecule has 0 aliphatic heterocycles. The lowest BCUT2D eigenvalue weighted by atomic mass is 9.69. The molecule has 3 aliphatic carbocycles. The molecular weight excluding hydrogens is 340 g/mol. The molecule has 1 aromatic rings. The Morgan fingerprint density at radius 2 is 2.12 bits per heavy atom. The highest BCUT2D eigenvalue weighted by atomic mass is 32.1. The van der Waals surface area contributed by atoms with Gasteiger partial charge in [-0.05, 0) is 67.3 Å². The largest absolute Gasteiger partial charge is 0.316 e. The van der Waals surface area contributed by atoms with Crippen LogP contribution in [0.25, 0.3) is 0 Å². The van der Waals surface area contributed by atoms with Crippen molar-refractivity contribution >= 4 is 22.2 Å². The van der Waals surface area contributed by atoms with Crippen molar-refractivity contribution in [2.24, 2.45) is 29.1 Å². The number of amides is 1. The second-order valence-corrected chi connectivity index (χ2v) is 10.5. The topological polar surface area (TPSA) is 52.9 Å². The van der Waals surface area contributed by atoms with Gasteiger partial charge in [-0.3, -0.25) is 4.79 Å². The molecule has 4 heteroatoms. The molecule has 4 rings (SSSR count). The van der Waals surface area contributed by atoms with Gasteiger partial charge in [0.15, 0.2) is 0 Å². The number of hydrogen-bond acceptors (Lipinski definition) is 3. The van der Waals surface area contributed by atoms with E-state index in [2.05, 4.69) is 32.2 Å². The standard InChI is InChI=1S/C22H30N2OS/c1-4-22(2,3)15-7-8-16-18(12-23)21(26-19(16)11-15)24-20(25)17-10-13-5-6-14(17)9-13/h13-15,17H,4-11H2,1-3H3,(H,24,25)/t13-,14-,15-,17+/m0/s1. The zero-order valence-electron chi connectivity index (χ0n) is 16.2. The molecule has 3 nitrogen and oxygen atoms in total. The third-order valence-electron chi connectivity index (χ3n) is 7.71. The summed E-state index contributed by atoms with van der Waals surface area (Å²) in [7, 11) is 0. The first-order chi connectivity index (χ1) is 12.4. The van der Waals surface area contributed by atoms with Gasteiger partial charge in [0.1, 0.15) is 11.1 Å². The van der Waals surface area contributed by atoms with E-state index >= 15 is 0 Å². The van der Waals surface area contributed by atoms with Crippen molar-refractivity contribution < 1.29 is 4.79 Å². The summed E-state index contributed by atoms with van der Waals surface area (Å²) in [6.07, 6.45) is 9.17. The number of carbonyl (C=O) groups is 1. The molecule has 2 bridgehead atoms. The van der Waals surface area contributed by atoms with Crippen LogP contribution in [0.15, 0.2) is 0 Å². The zero-order chi connectivity index (χ0) is 18.5. The molecule has 0 unspecified atom stereocenters. The van der Waals surface area contributed by atoms with Crippen LogP contribution in [-0.2, 0) is 17.6 Å². The van der Waals surface area contributed by atoms with Gasteiger partial charge in [0.2, 0.25) is 5.91 Å². The molecule has 2 saturated carbocycles. The average molecular weight is 371 g/mol. The Kier molecular flexibility index (Phi) is 4.63. The molecule has 0 radical (unpaired) electrons. The van der Waals surface area contributed by atoms with Gasteiger partial charge in [0, 0.05) is 10.8 Å². The smallest absolute Gasteiger partial charge is 0.228 e. The predicted octanol–water partition coefficient (Wildman–Crippen LogP) is 5.54. The maximum Gasteiger partial charge on any atom is 0.228 e. The summed E-state index contributed by atoms with van der Waals surface area (Å²) in [5, 5.41) is 13.7. The Morgan fingerprint density at radius 1 is 1.31 bits per heavy atom. The minimum Gasteiger partial charge on any atom is -0.316 e. The van der Waals surface area contributed by atoms with Crippen LogP contribution in [0.3, 0.4) is 0 Å². The monoisotopic (exact) mass is 370 g/mol. The molecule has 1 N–H and O–H groups in total. The second kappa shape index (κ2) is 6.68. The molecule has 26 heavy (non-hydrogen) atoms. The highest BCUT2D eigenvalue weighted by Crippen LogP contribution is 2.49. The number of hydrogen-bond donors (Lipinski definition) is 1. The van der Waals surface area contributed by atoms with E-state index in [1.165, 1.54) is 36.1 Å². The molecule has 1 heterocycles. The number of thiophene rings is 1. The van der Waals surface area contributed by atoms with E-state index < -0.39 is 0 Å². The summed E-state index contributed by atoms with van der Waals surface area (Å²) in [4.78, 5) is 14.2. The predicted molar refractivity (Wildman–Crippen MR) is 106 cm³/mol. The first-order valence-electron chi connectivity index (χ1n) is 10.3. The third-order valence-corrected chi connectivity index (χ3v) is 8.87. The Balaban J connectivity index is 1.53. The van der Waals surface area contributed by atoms with Crippen molar-refractivity contribution in [1.29, 1.82) is 5.26 Å². The van der Waals surface area contributed by atoms with E-state index in [4.69, 9.17) is 0 Å². The van der Waals surface area contributed by atoms with E-state index in [1.54, 1.807) is 11.3 Å². The summed E-state index contributed by atoms with van der Waals surface area (Å²) >= 11 is 1.67. The fourth-order valence-electron chi connectivity index (χ4n) is 5.52. The molecule has 0 saturated heterocycles. The second-order valence-electron chi connectivity index (χ2n) is 9.37. The fraction of sp³-hybridized carbons (Fsp3) is 0.727. The van der Waals surface area contributed by atoms with Gasteiger partial charge in [0.05, 0.1) is 5.56 Å². The first-order valence-corrected chi connectivity index (χ1v) is 11.1. The van der Waals surface area contributed by atoms with E-state index in [0.29, 0.717) is 17.3 Å². The minimum atomic E-state index is 0.165. The van der Waals surface area contributed by atoms with Crippen LogP contribution in [0.2, 0.25) is 0 Å². The number of nitrogens with one attached hydrogen (secondary N) is 1. The Morgan fingerprint density at radius 3 is 2.73 bits per heavy atom. The summed E-state index contributed by atoms with van der Waals surface area (Å²) in [5.41, 5.74) is 2.29. The maximum absolute atomic E-state index is 12.8. The van der Waals surface area contributed by atoms with Crippen LogP contribution in [0, 0.1) is 40.4 Å². The molecule has 2 fully saturated rings. The van der Waals surface area contributed by atoms with Gasteiger partial charge in [-0.2, -0.15) is 5.26 Å². The molecule has 4 atom stereocenters. The van der Waals surface area contributed by atoms with Crippen LogP contribution in [0.1, 0.15) is 75.3 Å². The van der Waals surface area contributed by atoms with Crippen LogP contribution >= 0.6 is 11.3 Å². The number of anilines is 1. The molecule has 0 spiro atoms. The molecular formula is C22H30N2OS. The number of fused-ring (bicyclic) bond motifs is 3. The summed E-state index contributed by atoms with van der Waals surface area (Å²) in [6, 6.07) is 2.40. The molecule has 1 amide bonds. The SMILES string of the molecule is CCC(C)(C)[C@H]1CCc2c(sc(NC(=O)[C@@H]3C[C@H]4CC[C@H]3C4)c2C#N)C1. The molecule has 0 aromatic carbocycles. The first kappa shape index (κ1) is 18.0. The Labute approximate surface area is 161 Å². The van der Waals surface area contributed by atoms with E-state index in [9.17, 15) is 10.1 Å². The Hall–Kier alpha value is -1.34. The van der Waals surface area contributed by atoms with Crippen molar-refractivity contribution in [1.82, 2.24) is 0 Å². The minimum absolute atomic E-state index is 0.165. The lowest BCUT2D eigenvalue weighted by molar-refractivity contribution is -0.121. The fourth-order valence-corrected chi connectivity index (χ4v) is 6.80. The van der Waals surface area contributed by atoms with Crippen molar-refractivity contribution in [2.45, 2.75) is 72.1 Å². The molecule has 3 aliphatic rings. The van der Waals surface area contributed by atoms with Crippen molar-refractivity contribution in [3.8, 4) is 6.07 Å². The van der Waals surface area contributed by atoms with Gasteiger partial charge in [-0.1, -0.05) is 33.6 Å². The van der Waals surface area contributed by atoms with E-state index in [0.717, 1.165) is 42.2 Å². The van der Waals surface area contributed by atoms with Crippen molar-refractivity contribution in [3.63, 3.8) is 0 Å². The number of rotatable bonds is 4. The van der Waals surface area contributed by atoms with E-state index in [-0.39, 0.29) is 11.8 Å². The van der Waals surface area contributed by atoms with Crippen LogP contribution in [0.5, 0.6) is 0 Å². The quantitative estimate of drug-likeness (QED) is 0.757. The van der Waals surface area contributed by atoms with Gasteiger partial charge in [-0.25, -0.2) is 0 Å². The van der Waals surface area contributed by atoms with E-state index in [1.807, 2.05) is 0 Å². The third kappa shape index (κ3) is 2.99. The summed E-state index contributed by atoms with van der Waals surface area (Å²) in [6.45, 7) is 6.99. The van der Waals surface area contributed by atoms with Crippen molar-refractivity contribution in [3.05, 3.63) is 16.0 Å². The van der Waals surface area contributed by atoms with Gasteiger partial charge in [0.25, 0.3) is 0 Å². The van der Waals surface area contributed by atoms with Crippen LogP contribution in [0.4, 0.5) is 5.00 Å². The molecule has 140 valence electrons. The number of nitrogens with zero attached hydrogens (tertiary/aromatic N) is 1.